The van der Waals surface area contributed by atoms with Crippen molar-refractivity contribution in [3.63, 3.8) is 0 Å². The van der Waals surface area contributed by atoms with Crippen LogP contribution in [0.2, 0.25) is 0 Å². The summed E-state index contributed by atoms with van der Waals surface area (Å²) in [5, 5.41) is 7.20. The third-order valence-corrected chi connectivity index (χ3v) is 6.06. The van der Waals surface area contributed by atoms with Gasteiger partial charge in [0.15, 0.2) is 0 Å². The number of carbonyl (C=O) groups is 1. The second-order valence-electron chi connectivity index (χ2n) is 8.05. The van der Waals surface area contributed by atoms with Crippen LogP contribution in [-0.4, -0.2) is 58.1 Å². The minimum absolute atomic E-state index is 0.0280. The highest BCUT2D eigenvalue weighted by Gasteiger charge is 2.30. The number of benzene rings is 2. The Morgan fingerprint density at radius 2 is 1.61 bits per heavy atom. The number of nitrogens with one attached hydrogen (secondary N) is 1. The number of amides is 1. The van der Waals surface area contributed by atoms with Crippen LogP contribution in [0.1, 0.15) is 31.3 Å². The standard InChI is InChI=1S/C24H29N5O2/c1-17-9-7-8-12-21(17)25-23(30)18(2)28-13-15-29(16-14-28)19(3)24-26-22(27-31-24)20-10-5-4-6-11-20/h4-12,18-19H,13-16H2,1-3H3,(H,25,30). The van der Waals surface area contributed by atoms with Crippen LogP contribution in [-0.2, 0) is 4.79 Å². The molecule has 0 saturated carbocycles. The first-order valence-corrected chi connectivity index (χ1v) is 10.8. The van der Waals surface area contributed by atoms with Crippen molar-refractivity contribution in [1.82, 2.24) is 19.9 Å². The van der Waals surface area contributed by atoms with Crippen LogP contribution in [0, 0.1) is 6.92 Å². The number of rotatable bonds is 6. The number of nitrogens with zero attached hydrogens (tertiary/aromatic N) is 4. The Bertz CT molecular complexity index is 1010. The number of aromatic nitrogens is 2. The zero-order valence-corrected chi connectivity index (χ0v) is 18.3. The quantitative estimate of drug-likeness (QED) is 0.656. The molecule has 0 spiro atoms. The Morgan fingerprint density at radius 3 is 2.32 bits per heavy atom. The first-order chi connectivity index (χ1) is 15.0. The molecule has 2 unspecified atom stereocenters. The van der Waals surface area contributed by atoms with Gasteiger partial charge in [0.1, 0.15) is 0 Å². The minimum Gasteiger partial charge on any atom is -0.337 e. The van der Waals surface area contributed by atoms with Crippen molar-refractivity contribution in [2.45, 2.75) is 32.9 Å². The van der Waals surface area contributed by atoms with E-state index in [0.29, 0.717) is 11.7 Å². The summed E-state index contributed by atoms with van der Waals surface area (Å²) in [5.41, 5.74) is 2.89. The van der Waals surface area contributed by atoms with Gasteiger partial charge in [-0.3, -0.25) is 14.6 Å². The van der Waals surface area contributed by atoms with Gasteiger partial charge in [-0.1, -0.05) is 53.7 Å². The van der Waals surface area contributed by atoms with Gasteiger partial charge in [0.2, 0.25) is 17.6 Å². The molecule has 2 atom stereocenters. The minimum atomic E-state index is -0.190. The highest BCUT2D eigenvalue weighted by Crippen LogP contribution is 2.24. The van der Waals surface area contributed by atoms with Crippen LogP contribution in [0.3, 0.4) is 0 Å². The lowest BCUT2D eigenvalue weighted by atomic mass is 10.1. The topological polar surface area (TPSA) is 74.5 Å². The molecule has 0 bridgehead atoms. The Labute approximate surface area is 183 Å². The molecule has 31 heavy (non-hydrogen) atoms. The second-order valence-corrected chi connectivity index (χ2v) is 8.05. The number of hydrogen-bond acceptors (Lipinski definition) is 6. The molecule has 1 aliphatic rings. The van der Waals surface area contributed by atoms with Crippen molar-refractivity contribution in [3.8, 4) is 11.4 Å². The van der Waals surface area contributed by atoms with Crippen LogP contribution in [0.5, 0.6) is 0 Å². The molecule has 3 aromatic rings. The van der Waals surface area contributed by atoms with Crippen molar-refractivity contribution in [2.75, 3.05) is 31.5 Å². The van der Waals surface area contributed by atoms with E-state index in [9.17, 15) is 4.79 Å². The number of piperazine rings is 1. The van der Waals surface area contributed by atoms with Gasteiger partial charge in [0, 0.05) is 37.4 Å². The van der Waals surface area contributed by atoms with Gasteiger partial charge in [0.05, 0.1) is 12.1 Å². The molecule has 162 valence electrons. The molecule has 7 heteroatoms. The van der Waals surface area contributed by atoms with Crippen LogP contribution in [0.25, 0.3) is 11.4 Å². The van der Waals surface area contributed by atoms with E-state index in [-0.39, 0.29) is 18.0 Å². The molecule has 7 nitrogen and oxygen atoms in total. The van der Waals surface area contributed by atoms with Crippen molar-refractivity contribution in [2.24, 2.45) is 0 Å². The fourth-order valence-corrected chi connectivity index (χ4v) is 3.89. The maximum Gasteiger partial charge on any atom is 0.244 e. The van der Waals surface area contributed by atoms with Crippen molar-refractivity contribution in [1.29, 1.82) is 0 Å². The largest absolute Gasteiger partial charge is 0.337 e. The normalized spacial score (nSPS) is 17.3. The highest BCUT2D eigenvalue weighted by molar-refractivity contribution is 5.95. The fraction of sp³-hybridized carbons (Fsp3) is 0.375. The smallest absolute Gasteiger partial charge is 0.244 e. The monoisotopic (exact) mass is 419 g/mol. The lowest BCUT2D eigenvalue weighted by Crippen LogP contribution is -2.53. The number of carbonyl (C=O) groups excluding carboxylic acids is 1. The van der Waals surface area contributed by atoms with Crippen LogP contribution < -0.4 is 5.32 Å². The molecule has 1 fully saturated rings. The average molecular weight is 420 g/mol. The number of aryl methyl sites for hydroxylation is 1. The molecule has 0 aliphatic carbocycles. The van der Waals surface area contributed by atoms with E-state index in [4.69, 9.17) is 4.52 Å². The van der Waals surface area contributed by atoms with Crippen molar-refractivity contribution in [3.05, 3.63) is 66.1 Å². The van der Waals surface area contributed by atoms with Gasteiger partial charge in [-0.2, -0.15) is 4.98 Å². The number of para-hydroxylation sites is 1. The average Bonchev–Trinajstić information content (AvgIpc) is 3.31. The summed E-state index contributed by atoms with van der Waals surface area (Å²) in [5.74, 6) is 1.26. The van der Waals surface area contributed by atoms with Crippen LogP contribution in [0.15, 0.2) is 59.1 Å². The van der Waals surface area contributed by atoms with Gasteiger partial charge in [-0.25, -0.2) is 0 Å². The first kappa shape index (κ1) is 21.2. The van der Waals surface area contributed by atoms with Crippen LogP contribution in [0.4, 0.5) is 5.69 Å². The maximum atomic E-state index is 12.7. The molecular weight excluding hydrogens is 390 g/mol. The molecule has 1 aromatic heterocycles. The lowest BCUT2D eigenvalue weighted by molar-refractivity contribution is -0.121. The van der Waals surface area contributed by atoms with Crippen molar-refractivity contribution >= 4 is 11.6 Å². The number of hydrogen-bond donors (Lipinski definition) is 1. The highest BCUT2D eigenvalue weighted by atomic mass is 16.5. The predicted molar refractivity (Wildman–Crippen MR) is 121 cm³/mol. The van der Waals surface area contributed by atoms with E-state index >= 15 is 0 Å². The summed E-state index contributed by atoms with van der Waals surface area (Å²) in [6.45, 7) is 9.36. The summed E-state index contributed by atoms with van der Waals surface area (Å²) in [4.78, 5) is 21.9. The molecule has 1 saturated heterocycles. The molecule has 1 aliphatic heterocycles. The Kier molecular flexibility index (Phi) is 6.44. The lowest BCUT2D eigenvalue weighted by Gasteiger charge is -2.39. The summed E-state index contributed by atoms with van der Waals surface area (Å²) in [6, 6.07) is 17.5. The van der Waals surface area contributed by atoms with Crippen molar-refractivity contribution < 1.29 is 9.32 Å². The molecule has 4 rings (SSSR count). The zero-order chi connectivity index (χ0) is 21.8. The third kappa shape index (κ3) is 4.84. The molecular formula is C24H29N5O2. The zero-order valence-electron chi connectivity index (χ0n) is 18.3. The summed E-state index contributed by atoms with van der Waals surface area (Å²) in [6.07, 6.45) is 0. The van der Waals surface area contributed by atoms with E-state index in [1.807, 2.05) is 68.4 Å². The summed E-state index contributed by atoms with van der Waals surface area (Å²) < 4.78 is 5.54. The van der Waals surface area contributed by atoms with E-state index in [1.54, 1.807) is 0 Å². The van der Waals surface area contributed by atoms with E-state index in [0.717, 1.165) is 43.0 Å². The van der Waals surface area contributed by atoms with E-state index in [2.05, 4.69) is 32.2 Å². The molecule has 1 N–H and O–H groups in total. The van der Waals surface area contributed by atoms with Gasteiger partial charge < -0.3 is 9.84 Å². The number of anilines is 1. The Hall–Kier alpha value is -3.03. The first-order valence-electron chi connectivity index (χ1n) is 10.8. The SMILES string of the molecule is Cc1ccccc1NC(=O)C(C)N1CCN(C(C)c2nc(-c3ccccc3)no2)CC1. The molecule has 2 heterocycles. The molecule has 2 aromatic carbocycles. The Balaban J connectivity index is 1.32. The Morgan fingerprint density at radius 1 is 0.968 bits per heavy atom. The van der Waals surface area contributed by atoms with E-state index in [1.165, 1.54) is 0 Å². The van der Waals surface area contributed by atoms with E-state index < -0.39 is 0 Å². The van der Waals surface area contributed by atoms with Crippen LogP contribution >= 0.6 is 0 Å². The summed E-state index contributed by atoms with van der Waals surface area (Å²) >= 11 is 0. The fourth-order valence-electron chi connectivity index (χ4n) is 3.89. The van der Waals surface area contributed by atoms with Gasteiger partial charge in [0.25, 0.3) is 0 Å². The molecule has 1 amide bonds. The molecule has 0 radical (unpaired) electrons. The van der Waals surface area contributed by atoms with Gasteiger partial charge in [-0.15, -0.1) is 0 Å². The maximum absolute atomic E-state index is 12.7. The summed E-state index contributed by atoms with van der Waals surface area (Å²) in [7, 11) is 0. The third-order valence-electron chi connectivity index (χ3n) is 6.06. The van der Waals surface area contributed by atoms with Gasteiger partial charge >= 0.3 is 0 Å². The second kappa shape index (κ2) is 9.41. The van der Waals surface area contributed by atoms with Gasteiger partial charge in [-0.05, 0) is 32.4 Å². The predicted octanol–water partition coefficient (Wildman–Crippen LogP) is 3.75.